The fraction of sp³-hybridized carbons (Fsp3) is 0.538. The van der Waals surface area contributed by atoms with Crippen LogP contribution in [0, 0.1) is 0 Å². The zero-order valence-electron chi connectivity index (χ0n) is 12.0. The van der Waals surface area contributed by atoms with Crippen LogP contribution in [0.2, 0.25) is 0 Å². The van der Waals surface area contributed by atoms with Crippen LogP contribution >= 0.6 is 15.9 Å². The molecule has 1 aromatic rings. The molecule has 0 spiro atoms. The molecule has 21 heavy (non-hydrogen) atoms. The predicted octanol–water partition coefficient (Wildman–Crippen LogP) is 1.50. The molecule has 1 aliphatic rings. The lowest BCUT2D eigenvalue weighted by atomic mass is 10.1. The minimum atomic E-state index is -3.61. The molecule has 1 saturated heterocycles. The first kappa shape index (κ1) is 16.5. The number of piperidine rings is 1. The maximum atomic E-state index is 12.5. The molecule has 0 aliphatic carbocycles. The molecule has 1 fully saturated rings. The monoisotopic (exact) mass is 378 g/mol. The Kier molecular flexibility index (Phi) is 5.48. The summed E-state index contributed by atoms with van der Waals surface area (Å²) in [6.45, 7) is 1.64. The van der Waals surface area contributed by atoms with Gasteiger partial charge in [0.25, 0.3) is 0 Å². The summed E-state index contributed by atoms with van der Waals surface area (Å²) in [6, 6.07) is 3.01. The van der Waals surface area contributed by atoms with Crippen LogP contribution in [-0.4, -0.2) is 41.8 Å². The Bertz CT molecular complexity index is 600. The first-order valence-electron chi connectivity index (χ1n) is 6.62. The van der Waals surface area contributed by atoms with Crippen LogP contribution in [0.15, 0.2) is 21.5 Å². The highest BCUT2D eigenvalue weighted by Gasteiger charge is 2.25. The second-order valence-corrected chi connectivity index (χ2v) is 7.32. The smallest absolute Gasteiger partial charge is 0.242 e. The van der Waals surface area contributed by atoms with E-state index in [0.717, 1.165) is 25.9 Å². The van der Waals surface area contributed by atoms with E-state index in [-0.39, 0.29) is 10.9 Å². The van der Waals surface area contributed by atoms with Crippen LogP contribution in [0.4, 0.5) is 0 Å². The lowest BCUT2D eigenvalue weighted by Crippen LogP contribution is -2.42. The highest BCUT2D eigenvalue weighted by atomic mass is 79.9. The molecule has 0 unspecified atom stereocenters. The fourth-order valence-corrected chi connectivity index (χ4v) is 4.61. The number of hydrogen-bond acceptors (Lipinski definition) is 5. The Labute approximate surface area is 133 Å². The highest BCUT2D eigenvalue weighted by molar-refractivity contribution is 9.10. The van der Waals surface area contributed by atoms with Gasteiger partial charge in [-0.15, -0.1) is 0 Å². The predicted molar refractivity (Wildman–Crippen MR) is 83.5 cm³/mol. The Balaban J connectivity index is 2.30. The van der Waals surface area contributed by atoms with Crippen LogP contribution in [0.1, 0.15) is 12.8 Å². The van der Waals surface area contributed by atoms with Crippen molar-refractivity contribution in [2.24, 2.45) is 0 Å². The fourth-order valence-electron chi connectivity index (χ4n) is 2.26. The molecule has 1 aromatic carbocycles. The third kappa shape index (κ3) is 3.88. The van der Waals surface area contributed by atoms with Gasteiger partial charge in [-0.1, -0.05) is 0 Å². The van der Waals surface area contributed by atoms with Crippen molar-refractivity contribution in [1.82, 2.24) is 10.0 Å². The van der Waals surface area contributed by atoms with Crippen LogP contribution < -0.4 is 19.5 Å². The van der Waals surface area contributed by atoms with E-state index in [4.69, 9.17) is 9.47 Å². The van der Waals surface area contributed by atoms with E-state index in [2.05, 4.69) is 26.0 Å². The lowest BCUT2D eigenvalue weighted by molar-refractivity contribution is 0.353. The minimum Gasteiger partial charge on any atom is -0.493 e. The van der Waals surface area contributed by atoms with Crippen molar-refractivity contribution in [3.8, 4) is 11.5 Å². The van der Waals surface area contributed by atoms with Crippen LogP contribution in [0.25, 0.3) is 0 Å². The average molecular weight is 379 g/mol. The van der Waals surface area contributed by atoms with E-state index < -0.39 is 10.0 Å². The number of halogens is 1. The van der Waals surface area contributed by atoms with Crippen molar-refractivity contribution in [2.45, 2.75) is 23.8 Å². The van der Waals surface area contributed by atoms with Crippen LogP contribution in [0.5, 0.6) is 11.5 Å². The van der Waals surface area contributed by atoms with Gasteiger partial charge >= 0.3 is 0 Å². The molecule has 8 heteroatoms. The number of sulfonamides is 1. The minimum absolute atomic E-state index is 0.0451. The molecular weight excluding hydrogens is 360 g/mol. The lowest BCUT2D eigenvalue weighted by Gasteiger charge is -2.24. The largest absolute Gasteiger partial charge is 0.493 e. The van der Waals surface area contributed by atoms with Gasteiger partial charge in [0.2, 0.25) is 10.0 Å². The third-order valence-corrected chi connectivity index (χ3v) is 5.87. The zero-order valence-corrected chi connectivity index (χ0v) is 14.4. The van der Waals surface area contributed by atoms with Crippen molar-refractivity contribution in [3.63, 3.8) is 0 Å². The summed E-state index contributed by atoms with van der Waals surface area (Å²) in [6.07, 6.45) is 1.56. The Morgan fingerprint density at radius 3 is 2.33 bits per heavy atom. The van der Waals surface area contributed by atoms with E-state index in [1.54, 1.807) is 6.07 Å². The van der Waals surface area contributed by atoms with E-state index in [1.165, 1.54) is 20.3 Å². The summed E-state index contributed by atoms with van der Waals surface area (Å²) in [5, 5.41) is 3.20. The molecule has 1 aliphatic heterocycles. The number of methoxy groups -OCH3 is 2. The first-order valence-corrected chi connectivity index (χ1v) is 8.90. The standard InChI is InChI=1S/C13H19BrN2O4S/c1-19-11-7-10(14)13(8-12(11)20-2)21(17,18)16-9-3-5-15-6-4-9/h7-9,15-16H,3-6H2,1-2H3. The van der Waals surface area contributed by atoms with Gasteiger partial charge in [0.05, 0.1) is 14.2 Å². The SMILES string of the molecule is COc1cc(Br)c(S(=O)(=O)NC2CCNCC2)cc1OC. The van der Waals surface area contributed by atoms with Crippen molar-refractivity contribution in [1.29, 1.82) is 0 Å². The first-order chi connectivity index (χ1) is 9.97. The van der Waals surface area contributed by atoms with Gasteiger partial charge in [0.1, 0.15) is 4.90 Å². The highest BCUT2D eigenvalue weighted by Crippen LogP contribution is 2.35. The molecule has 118 valence electrons. The van der Waals surface area contributed by atoms with Gasteiger partial charge < -0.3 is 14.8 Å². The molecule has 0 atom stereocenters. The maximum absolute atomic E-state index is 12.5. The van der Waals surface area contributed by atoms with E-state index in [9.17, 15) is 8.42 Å². The summed E-state index contributed by atoms with van der Waals surface area (Å²) in [5.41, 5.74) is 0. The average Bonchev–Trinajstić information content (AvgIpc) is 2.47. The van der Waals surface area contributed by atoms with E-state index in [0.29, 0.717) is 16.0 Å². The number of ether oxygens (including phenoxy) is 2. The Morgan fingerprint density at radius 2 is 1.76 bits per heavy atom. The second kappa shape index (κ2) is 6.95. The zero-order chi connectivity index (χ0) is 15.5. The van der Waals surface area contributed by atoms with E-state index in [1.807, 2.05) is 0 Å². The van der Waals surface area contributed by atoms with Crippen LogP contribution in [0.3, 0.4) is 0 Å². The maximum Gasteiger partial charge on any atom is 0.242 e. The van der Waals surface area contributed by atoms with Gasteiger partial charge in [-0.25, -0.2) is 13.1 Å². The number of benzene rings is 1. The normalized spacial score (nSPS) is 16.7. The summed E-state index contributed by atoms with van der Waals surface area (Å²) >= 11 is 3.28. The molecule has 1 heterocycles. The molecule has 2 N–H and O–H groups in total. The molecular formula is C13H19BrN2O4S. The number of nitrogens with one attached hydrogen (secondary N) is 2. The number of hydrogen-bond donors (Lipinski definition) is 2. The summed E-state index contributed by atoms with van der Waals surface area (Å²) < 4.78 is 38.6. The third-order valence-electron chi connectivity index (χ3n) is 3.39. The van der Waals surface area contributed by atoms with Gasteiger partial charge in [0.15, 0.2) is 11.5 Å². The van der Waals surface area contributed by atoms with Crippen molar-refractivity contribution < 1.29 is 17.9 Å². The summed E-state index contributed by atoms with van der Waals surface area (Å²) in [5.74, 6) is 0.858. The number of rotatable bonds is 5. The van der Waals surface area contributed by atoms with Crippen molar-refractivity contribution in [3.05, 3.63) is 16.6 Å². The molecule has 2 rings (SSSR count). The Hall–Kier alpha value is -0.830. The molecule has 0 bridgehead atoms. The topological polar surface area (TPSA) is 76.7 Å². The van der Waals surface area contributed by atoms with Crippen LogP contribution in [-0.2, 0) is 10.0 Å². The molecule has 6 nitrogen and oxygen atoms in total. The molecule has 0 saturated carbocycles. The molecule has 0 aromatic heterocycles. The molecule has 0 amide bonds. The van der Waals surface area contributed by atoms with Gasteiger partial charge in [0, 0.05) is 16.6 Å². The van der Waals surface area contributed by atoms with Gasteiger partial charge in [-0.3, -0.25) is 0 Å². The van der Waals surface area contributed by atoms with Gasteiger partial charge in [-0.05, 0) is 47.9 Å². The van der Waals surface area contributed by atoms with Crippen molar-refractivity contribution in [2.75, 3.05) is 27.3 Å². The quantitative estimate of drug-likeness (QED) is 0.811. The van der Waals surface area contributed by atoms with Gasteiger partial charge in [-0.2, -0.15) is 0 Å². The second-order valence-electron chi connectivity index (χ2n) is 4.78. The van der Waals surface area contributed by atoms with E-state index >= 15 is 0 Å². The Morgan fingerprint density at radius 1 is 1.19 bits per heavy atom. The van der Waals surface area contributed by atoms with Crippen molar-refractivity contribution >= 4 is 26.0 Å². The summed E-state index contributed by atoms with van der Waals surface area (Å²) in [4.78, 5) is 0.152. The summed E-state index contributed by atoms with van der Waals surface area (Å²) in [7, 11) is -0.628. The molecule has 0 radical (unpaired) electrons.